The summed E-state index contributed by atoms with van der Waals surface area (Å²) in [5.41, 5.74) is -1.07. The number of rotatable bonds is 6. The zero-order valence-corrected chi connectivity index (χ0v) is 13.2. The van der Waals surface area contributed by atoms with Crippen LogP contribution in [-0.2, 0) is 0 Å². The molecule has 0 aliphatic carbocycles. The molecule has 0 saturated carbocycles. The molecule has 128 valence electrons. The topological polar surface area (TPSA) is 104 Å². The van der Waals surface area contributed by atoms with Gasteiger partial charge in [0.15, 0.2) is 16.6 Å². The van der Waals surface area contributed by atoms with E-state index in [1.165, 1.54) is 17.5 Å². The SMILES string of the molecule is COc1cc(C(=O)Nc2ncc(C)s2)c([N+](=O)[O-])cc1OC(F)F. The molecule has 24 heavy (non-hydrogen) atoms. The number of aromatic nitrogens is 1. The Bertz CT molecular complexity index is 781. The standard InChI is InChI=1S/C13H11F2N3O5S/c1-6-5-16-13(24-6)17-11(19)7-3-9(22-2)10(23-12(14)15)4-8(7)18(20)21/h3-5,12H,1-2H3,(H,16,17,19). The van der Waals surface area contributed by atoms with E-state index in [9.17, 15) is 23.7 Å². The molecule has 0 bridgehead atoms. The van der Waals surface area contributed by atoms with Crippen LogP contribution in [0.3, 0.4) is 0 Å². The van der Waals surface area contributed by atoms with Crippen LogP contribution in [-0.4, -0.2) is 29.5 Å². The molecule has 11 heteroatoms. The Kier molecular flexibility index (Phi) is 5.24. The number of nitro groups is 1. The molecule has 1 heterocycles. The van der Waals surface area contributed by atoms with E-state index in [2.05, 4.69) is 15.0 Å². The Hall–Kier alpha value is -2.82. The minimum atomic E-state index is -3.20. The summed E-state index contributed by atoms with van der Waals surface area (Å²) in [4.78, 5) is 27.3. The molecule has 1 N–H and O–H groups in total. The number of amides is 1. The van der Waals surface area contributed by atoms with Gasteiger partial charge in [0.25, 0.3) is 11.6 Å². The summed E-state index contributed by atoms with van der Waals surface area (Å²) < 4.78 is 33.8. The van der Waals surface area contributed by atoms with E-state index in [1.54, 1.807) is 6.92 Å². The van der Waals surface area contributed by atoms with Gasteiger partial charge < -0.3 is 9.47 Å². The summed E-state index contributed by atoms with van der Waals surface area (Å²) in [7, 11) is 1.16. The van der Waals surface area contributed by atoms with Gasteiger partial charge in [-0.25, -0.2) is 4.98 Å². The number of thiazole rings is 1. The number of ether oxygens (including phenoxy) is 2. The van der Waals surface area contributed by atoms with Crippen LogP contribution in [0.2, 0.25) is 0 Å². The van der Waals surface area contributed by atoms with Gasteiger partial charge in [-0.1, -0.05) is 0 Å². The predicted octanol–water partition coefficient (Wildman–Crippen LogP) is 3.22. The molecule has 0 aliphatic rings. The van der Waals surface area contributed by atoms with Gasteiger partial charge in [0.05, 0.1) is 18.1 Å². The number of carbonyl (C=O) groups is 1. The highest BCUT2D eigenvalue weighted by Gasteiger charge is 2.26. The van der Waals surface area contributed by atoms with Crippen molar-refractivity contribution in [2.75, 3.05) is 12.4 Å². The van der Waals surface area contributed by atoms with Crippen molar-refractivity contribution in [3.8, 4) is 11.5 Å². The third-order valence-corrected chi connectivity index (χ3v) is 3.61. The number of hydrogen-bond donors (Lipinski definition) is 1. The second-order valence-corrected chi connectivity index (χ2v) is 5.62. The van der Waals surface area contributed by atoms with Gasteiger partial charge in [0, 0.05) is 17.1 Å². The molecular formula is C13H11F2N3O5S. The maximum absolute atomic E-state index is 12.4. The smallest absolute Gasteiger partial charge is 0.387 e. The van der Waals surface area contributed by atoms with Crippen LogP contribution in [0.1, 0.15) is 15.2 Å². The van der Waals surface area contributed by atoms with E-state index in [-0.39, 0.29) is 16.4 Å². The molecule has 0 saturated heterocycles. The summed E-state index contributed by atoms with van der Waals surface area (Å²) >= 11 is 1.18. The quantitative estimate of drug-likeness (QED) is 0.627. The van der Waals surface area contributed by atoms with Gasteiger partial charge in [0.1, 0.15) is 5.56 Å². The van der Waals surface area contributed by atoms with E-state index in [4.69, 9.17) is 4.74 Å². The average Bonchev–Trinajstić information content (AvgIpc) is 2.91. The number of methoxy groups -OCH3 is 1. The number of alkyl halides is 2. The molecule has 0 fully saturated rings. The zero-order valence-electron chi connectivity index (χ0n) is 12.4. The average molecular weight is 359 g/mol. The van der Waals surface area contributed by atoms with Crippen molar-refractivity contribution in [3.05, 3.63) is 38.9 Å². The summed E-state index contributed by atoms with van der Waals surface area (Å²) in [5.74, 6) is -1.60. The van der Waals surface area contributed by atoms with Gasteiger partial charge in [-0.2, -0.15) is 8.78 Å². The summed E-state index contributed by atoms with van der Waals surface area (Å²) in [6, 6.07) is 1.68. The number of aryl methyl sites for hydroxylation is 1. The Labute approximate surface area is 138 Å². The predicted molar refractivity (Wildman–Crippen MR) is 81.1 cm³/mol. The molecule has 8 nitrogen and oxygen atoms in total. The van der Waals surface area contributed by atoms with Crippen molar-refractivity contribution in [1.29, 1.82) is 0 Å². The molecule has 0 atom stereocenters. The molecule has 1 amide bonds. The number of benzene rings is 1. The Balaban J connectivity index is 2.43. The van der Waals surface area contributed by atoms with Crippen LogP contribution in [0.25, 0.3) is 0 Å². The lowest BCUT2D eigenvalue weighted by atomic mass is 10.1. The largest absolute Gasteiger partial charge is 0.493 e. The van der Waals surface area contributed by atoms with Gasteiger partial charge in [-0.3, -0.25) is 20.2 Å². The second-order valence-electron chi connectivity index (χ2n) is 4.39. The minimum absolute atomic E-state index is 0.235. The van der Waals surface area contributed by atoms with Crippen molar-refractivity contribution in [2.45, 2.75) is 13.5 Å². The third kappa shape index (κ3) is 3.93. The monoisotopic (exact) mass is 359 g/mol. The number of nitro benzene ring substituents is 1. The minimum Gasteiger partial charge on any atom is -0.493 e. The first-order valence-corrected chi connectivity index (χ1v) is 7.18. The van der Waals surface area contributed by atoms with Crippen molar-refractivity contribution >= 4 is 28.1 Å². The van der Waals surface area contributed by atoms with E-state index in [1.807, 2.05) is 0 Å². The molecule has 0 aliphatic heterocycles. The third-order valence-electron chi connectivity index (χ3n) is 2.78. The molecule has 0 unspecified atom stereocenters. The van der Waals surface area contributed by atoms with E-state index < -0.39 is 28.9 Å². The fourth-order valence-corrected chi connectivity index (χ4v) is 2.47. The van der Waals surface area contributed by atoms with Crippen molar-refractivity contribution < 1.29 is 28.0 Å². The fourth-order valence-electron chi connectivity index (χ4n) is 1.81. The van der Waals surface area contributed by atoms with Crippen LogP contribution in [0, 0.1) is 17.0 Å². The van der Waals surface area contributed by atoms with E-state index in [0.29, 0.717) is 6.07 Å². The molecular weight excluding hydrogens is 348 g/mol. The maximum atomic E-state index is 12.4. The molecule has 1 aromatic carbocycles. The van der Waals surface area contributed by atoms with Crippen molar-refractivity contribution in [3.63, 3.8) is 0 Å². The fraction of sp³-hybridized carbons (Fsp3) is 0.231. The van der Waals surface area contributed by atoms with Gasteiger partial charge in [-0.05, 0) is 6.92 Å². The van der Waals surface area contributed by atoms with Crippen LogP contribution >= 0.6 is 11.3 Å². The van der Waals surface area contributed by atoms with Gasteiger partial charge in [-0.15, -0.1) is 11.3 Å². The first-order chi connectivity index (χ1) is 11.3. The first-order valence-electron chi connectivity index (χ1n) is 6.36. The van der Waals surface area contributed by atoms with E-state index >= 15 is 0 Å². The number of carbonyl (C=O) groups excluding carboxylic acids is 1. The lowest BCUT2D eigenvalue weighted by Crippen LogP contribution is -2.15. The Morgan fingerprint density at radius 1 is 1.42 bits per heavy atom. The maximum Gasteiger partial charge on any atom is 0.387 e. The Morgan fingerprint density at radius 2 is 2.12 bits per heavy atom. The number of nitrogens with one attached hydrogen (secondary N) is 1. The normalized spacial score (nSPS) is 10.5. The summed E-state index contributed by atoms with van der Waals surface area (Å²) in [6.07, 6.45) is 1.52. The zero-order chi connectivity index (χ0) is 17.9. The highest BCUT2D eigenvalue weighted by Crippen LogP contribution is 2.36. The molecule has 1 aromatic heterocycles. The lowest BCUT2D eigenvalue weighted by molar-refractivity contribution is -0.385. The molecule has 2 rings (SSSR count). The lowest BCUT2D eigenvalue weighted by Gasteiger charge is -2.11. The molecule has 2 aromatic rings. The number of anilines is 1. The Morgan fingerprint density at radius 3 is 2.62 bits per heavy atom. The number of halogens is 2. The van der Waals surface area contributed by atoms with Gasteiger partial charge >= 0.3 is 6.61 Å². The highest BCUT2D eigenvalue weighted by atomic mass is 32.1. The summed E-state index contributed by atoms with van der Waals surface area (Å²) in [5, 5.41) is 13.8. The van der Waals surface area contributed by atoms with Crippen molar-refractivity contribution in [2.24, 2.45) is 0 Å². The number of hydrogen-bond acceptors (Lipinski definition) is 7. The van der Waals surface area contributed by atoms with Crippen LogP contribution < -0.4 is 14.8 Å². The number of nitrogens with zero attached hydrogens (tertiary/aromatic N) is 2. The second kappa shape index (κ2) is 7.17. The van der Waals surface area contributed by atoms with Crippen LogP contribution in [0.4, 0.5) is 19.6 Å². The van der Waals surface area contributed by atoms with E-state index in [0.717, 1.165) is 18.1 Å². The van der Waals surface area contributed by atoms with Crippen molar-refractivity contribution in [1.82, 2.24) is 4.98 Å². The van der Waals surface area contributed by atoms with Crippen LogP contribution in [0.5, 0.6) is 11.5 Å². The summed E-state index contributed by atoms with van der Waals surface area (Å²) in [6.45, 7) is -1.42. The highest BCUT2D eigenvalue weighted by molar-refractivity contribution is 7.15. The molecule has 0 radical (unpaired) electrons. The van der Waals surface area contributed by atoms with Gasteiger partial charge in [0.2, 0.25) is 0 Å². The van der Waals surface area contributed by atoms with Crippen LogP contribution in [0.15, 0.2) is 18.3 Å². The molecule has 0 spiro atoms. The first kappa shape index (κ1) is 17.5.